The van der Waals surface area contributed by atoms with Crippen molar-refractivity contribution in [3.05, 3.63) is 60.2 Å². The van der Waals surface area contributed by atoms with Crippen molar-refractivity contribution in [1.29, 1.82) is 0 Å². The van der Waals surface area contributed by atoms with Gasteiger partial charge in [0.05, 0.1) is 0 Å². The molecule has 2 heterocycles. The van der Waals surface area contributed by atoms with Gasteiger partial charge in [-0.1, -0.05) is 39.8 Å². The Morgan fingerprint density at radius 1 is 0.722 bits per heavy atom. The van der Waals surface area contributed by atoms with Gasteiger partial charge in [0.1, 0.15) is 0 Å². The highest BCUT2D eigenvalue weighted by Gasteiger charge is 2.39. The Kier molecular flexibility index (Phi) is 3.20. The molecule has 0 fully saturated rings. The molecule has 0 atom stereocenters. The minimum absolute atomic E-state index is 0.00963. The Morgan fingerprint density at radius 3 is 1.39 bits per heavy atom. The van der Waals surface area contributed by atoms with Crippen molar-refractivity contribution in [2.24, 2.45) is 0 Å². The van der Waals surface area contributed by atoms with Gasteiger partial charge in [0, 0.05) is 35.6 Å². The molecule has 2 aromatic heterocycles. The van der Waals surface area contributed by atoms with E-state index in [0.29, 0.717) is 0 Å². The second-order valence-electron chi connectivity index (χ2n) is 5.73. The molecule has 0 aromatic carbocycles. The molecule has 0 N–H and O–H groups in total. The van der Waals surface area contributed by atoms with E-state index in [1.165, 1.54) is 11.1 Å². The summed E-state index contributed by atoms with van der Waals surface area (Å²) in [4.78, 5) is 8.49. The molecule has 0 radical (unpaired) electrons. The summed E-state index contributed by atoms with van der Waals surface area (Å²) in [6, 6.07) is 8.28. The van der Waals surface area contributed by atoms with Gasteiger partial charge >= 0.3 is 0 Å². The Labute approximate surface area is 109 Å². The first-order chi connectivity index (χ1) is 8.46. The van der Waals surface area contributed by atoms with E-state index in [-0.39, 0.29) is 10.8 Å². The van der Waals surface area contributed by atoms with Crippen LogP contribution in [-0.4, -0.2) is 9.97 Å². The van der Waals surface area contributed by atoms with Crippen molar-refractivity contribution in [2.75, 3.05) is 0 Å². The summed E-state index contributed by atoms with van der Waals surface area (Å²) >= 11 is 0. The van der Waals surface area contributed by atoms with Crippen molar-refractivity contribution in [3.63, 3.8) is 0 Å². The van der Waals surface area contributed by atoms with Crippen LogP contribution in [0.5, 0.6) is 0 Å². The fourth-order valence-corrected chi connectivity index (χ4v) is 2.19. The number of hydrogen-bond donors (Lipinski definition) is 0. The molecule has 2 nitrogen and oxygen atoms in total. The third-order valence-corrected chi connectivity index (χ3v) is 4.33. The van der Waals surface area contributed by atoms with Gasteiger partial charge in [-0.2, -0.15) is 0 Å². The van der Waals surface area contributed by atoms with E-state index in [1.807, 2.05) is 36.9 Å². The lowest BCUT2D eigenvalue weighted by molar-refractivity contribution is 0.301. The van der Waals surface area contributed by atoms with E-state index in [9.17, 15) is 0 Å². The summed E-state index contributed by atoms with van der Waals surface area (Å²) in [5, 5.41) is 0. The molecule has 0 aliphatic heterocycles. The highest BCUT2D eigenvalue weighted by Crippen LogP contribution is 2.42. The van der Waals surface area contributed by atoms with Gasteiger partial charge in [-0.25, -0.2) is 0 Å². The maximum absolute atomic E-state index is 4.24. The molecule has 0 unspecified atom stereocenters. The third-order valence-electron chi connectivity index (χ3n) is 4.33. The summed E-state index contributed by atoms with van der Waals surface area (Å²) < 4.78 is 0. The normalized spacial score (nSPS) is 12.4. The van der Waals surface area contributed by atoms with Gasteiger partial charge in [-0.15, -0.1) is 0 Å². The molecular formula is C16H20N2. The van der Waals surface area contributed by atoms with Crippen LogP contribution in [0, 0.1) is 0 Å². The summed E-state index contributed by atoms with van der Waals surface area (Å²) in [7, 11) is 0. The van der Waals surface area contributed by atoms with Crippen molar-refractivity contribution in [2.45, 2.75) is 38.5 Å². The molecule has 0 saturated carbocycles. The van der Waals surface area contributed by atoms with Gasteiger partial charge in [0.15, 0.2) is 0 Å². The predicted molar refractivity (Wildman–Crippen MR) is 74.5 cm³/mol. The van der Waals surface area contributed by atoms with E-state index in [0.717, 1.165) is 0 Å². The second kappa shape index (κ2) is 4.52. The van der Waals surface area contributed by atoms with Crippen molar-refractivity contribution in [3.8, 4) is 0 Å². The van der Waals surface area contributed by atoms with Crippen LogP contribution in [0.15, 0.2) is 49.1 Å². The summed E-state index contributed by atoms with van der Waals surface area (Å²) in [5.74, 6) is 0. The second-order valence-corrected chi connectivity index (χ2v) is 5.73. The predicted octanol–water partition coefficient (Wildman–Crippen LogP) is 3.73. The molecule has 2 heteroatoms. The molecule has 0 aliphatic rings. The van der Waals surface area contributed by atoms with Crippen LogP contribution in [0.1, 0.15) is 38.8 Å². The minimum Gasteiger partial charge on any atom is -0.264 e. The monoisotopic (exact) mass is 240 g/mol. The highest BCUT2D eigenvalue weighted by molar-refractivity contribution is 5.33. The van der Waals surface area contributed by atoms with Crippen LogP contribution in [0.2, 0.25) is 0 Å². The van der Waals surface area contributed by atoms with E-state index < -0.39 is 0 Å². The fraction of sp³-hybridized carbons (Fsp3) is 0.375. The molecule has 0 saturated heterocycles. The van der Waals surface area contributed by atoms with Crippen molar-refractivity contribution in [1.82, 2.24) is 9.97 Å². The zero-order chi connectivity index (χ0) is 13.2. The summed E-state index contributed by atoms with van der Waals surface area (Å²) in [6.45, 7) is 9.04. The lowest BCUT2D eigenvalue weighted by Crippen LogP contribution is -2.40. The van der Waals surface area contributed by atoms with Gasteiger partial charge in [0.2, 0.25) is 0 Å². The summed E-state index contributed by atoms with van der Waals surface area (Å²) in [5.41, 5.74) is 2.48. The first-order valence-electron chi connectivity index (χ1n) is 6.27. The van der Waals surface area contributed by atoms with Crippen LogP contribution in [-0.2, 0) is 10.8 Å². The zero-order valence-corrected chi connectivity index (χ0v) is 11.5. The van der Waals surface area contributed by atoms with Crippen molar-refractivity contribution < 1.29 is 0 Å². The number of rotatable bonds is 3. The van der Waals surface area contributed by atoms with Gasteiger partial charge in [0.25, 0.3) is 0 Å². The third kappa shape index (κ3) is 2.03. The maximum Gasteiger partial charge on any atom is 0.0305 e. The SMILES string of the molecule is CC(C)(c1cccnc1)C(C)(C)c1cccnc1. The molecule has 0 bridgehead atoms. The number of aromatic nitrogens is 2. The number of pyridine rings is 2. The van der Waals surface area contributed by atoms with Crippen molar-refractivity contribution >= 4 is 0 Å². The Bertz CT molecular complexity index is 452. The van der Waals surface area contributed by atoms with Crippen LogP contribution >= 0.6 is 0 Å². The Morgan fingerprint density at radius 2 is 1.11 bits per heavy atom. The molecular weight excluding hydrogens is 220 g/mol. The standard InChI is InChI=1S/C16H20N2/c1-15(2,13-7-5-9-17-11-13)16(3,4)14-8-6-10-18-12-14/h5-12H,1-4H3. The highest BCUT2D eigenvalue weighted by atomic mass is 14.6. The molecule has 2 aromatic rings. The van der Waals surface area contributed by atoms with E-state index in [1.54, 1.807) is 0 Å². The molecule has 0 amide bonds. The smallest absolute Gasteiger partial charge is 0.0305 e. The quantitative estimate of drug-likeness (QED) is 0.817. The van der Waals surface area contributed by atoms with Crippen LogP contribution in [0.4, 0.5) is 0 Å². The summed E-state index contributed by atoms with van der Waals surface area (Å²) in [6.07, 6.45) is 7.55. The maximum atomic E-state index is 4.24. The minimum atomic E-state index is -0.00963. The van der Waals surface area contributed by atoms with Gasteiger partial charge < -0.3 is 0 Å². The fourth-order valence-electron chi connectivity index (χ4n) is 2.19. The lowest BCUT2D eigenvalue weighted by atomic mass is 9.61. The number of hydrogen-bond acceptors (Lipinski definition) is 2. The lowest BCUT2D eigenvalue weighted by Gasteiger charge is -2.42. The molecule has 94 valence electrons. The number of nitrogens with zero attached hydrogens (tertiary/aromatic N) is 2. The Hall–Kier alpha value is -1.70. The van der Waals surface area contributed by atoms with E-state index in [4.69, 9.17) is 0 Å². The van der Waals surface area contributed by atoms with Crippen LogP contribution < -0.4 is 0 Å². The largest absolute Gasteiger partial charge is 0.264 e. The van der Waals surface area contributed by atoms with E-state index >= 15 is 0 Å². The van der Waals surface area contributed by atoms with Crippen LogP contribution in [0.25, 0.3) is 0 Å². The Balaban J connectivity index is 2.47. The first kappa shape index (κ1) is 12.7. The van der Waals surface area contributed by atoms with Crippen LogP contribution in [0.3, 0.4) is 0 Å². The zero-order valence-electron chi connectivity index (χ0n) is 11.5. The first-order valence-corrected chi connectivity index (χ1v) is 6.27. The molecule has 2 rings (SSSR count). The average Bonchev–Trinajstić information content (AvgIpc) is 2.40. The molecule has 0 aliphatic carbocycles. The molecule has 18 heavy (non-hydrogen) atoms. The average molecular weight is 240 g/mol. The van der Waals surface area contributed by atoms with Gasteiger partial charge in [-0.3, -0.25) is 9.97 Å². The van der Waals surface area contributed by atoms with Gasteiger partial charge in [-0.05, 0) is 23.3 Å². The molecule has 0 spiro atoms. The topological polar surface area (TPSA) is 25.8 Å². The van der Waals surface area contributed by atoms with E-state index in [2.05, 4.69) is 49.8 Å².